The highest BCUT2D eigenvalue weighted by Crippen LogP contribution is 2.24. The Morgan fingerprint density at radius 3 is 3.17 bits per heavy atom. The molecule has 0 spiro atoms. The number of nitrogens with zero attached hydrogens (tertiary/aromatic N) is 1. The fourth-order valence-electron chi connectivity index (χ4n) is 1.36. The molecule has 0 aromatic carbocycles. The summed E-state index contributed by atoms with van der Waals surface area (Å²) in [5, 5.41) is 1.83. The molecule has 0 saturated heterocycles. The number of pyridine rings is 1. The highest BCUT2D eigenvalue weighted by molar-refractivity contribution is 6.35. The second-order valence-electron chi connectivity index (χ2n) is 2.68. The molecule has 0 aliphatic rings. The predicted octanol–water partition coefficient (Wildman–Crippen LogP) is 2.78. The maximum absolute atomic E-state index is 6.02. The summed E-state index contributed by atoms with van der Waals surface area (Å²) in [6.45, 7) is 2.10. The fraction of sp³-hybridized carbons (Fsp3) is 0.222. The van der Waals surface area contributed by atoms with Crippen molar-refractivity contribution in [1.82, 2.24) is 9.97 Å². The van der Waals surface area contributed by atoms with Crippen molar-refractivity contribution in [3.63, 3.8) is 0 Å². The van der Waals surface area contributed by atoms with E-state index in [0.29, 0.717) is 0 Å². The Morgan fingerprint density at radius 1 is 1.58 bits per heavy atom. The lowest BCUT2D eigenvalue weighted by Gasteiger charge is -1.94. The molecule has 62 valence electrons. The van der Waals surface area contributed by atoms with Gasteiger partial charge in [-0.3, -0.25) is 0 Å². The third-order valence-corrected chi connectivity index (χ3v) is 2.30. The molecule has 2 aromatic rings. The number of nitrogens with one attached hydrogen (secondary N) is 1. The minimum atomic E-state index is 0.776. The number of rotatable bonds is 1. The van der Waals surface area contributed by atoms with E-state index in [4.69, 9.17) is 11.6 Å². The van der Waals surface area contributed by atoms with E-state index >= 15 is 0 Å². The van der Waals surface area contributed by atoms with E-state index in [1.807, 2.05) is 12.3 Å². The second kappa shape index (κ2) is 2.79. The quantitative estimate of drug-likeness (QED) is 0.719. The van der Waals surface area contributed by atoms with Gasteiger partial charge in [-0.25, -0.2) is 4.98 Å². The van der Waals surface area contributed by atoms with Crippen LogP contribution < -0.4 is 0 Å². The molecule has 3 heteroatoms. The van der Waals surface area contributed by atoms with E-state index in [2.05, 4.69) is 16.9 Å². The molecule has 0 amide bonds. The molecule has 0 fully saturated rings. The summed E-state index contributed by atoms with van der Waals surface area (Å²) in [5.74, 6) is 0. The first kappa shape index (κ1) is 7.62. The van der Waals surface area contributed by atoms with Crippen LogP contribution in [0.25, 0.3) is 11.0 Å². The van der Waals surface area contributed by atoms with Crippen molar-refractivity contribution in [2.24, 2.45) is 0 Å². The summed E-state index contributed by atoms with van der Waals surface area (Å²) in [4.78, 5) is 7.26. The average Bonchev–Trinajstić information content (AvgIpc) is 2.49. The highest BCUT2D eigenvalue weighted by atomic mass is 35.5. The van der Waals surface area contributed by atoms with Crippen LogP contribution in [-0.4, -0.2) is 9.97 Å². The number of hydrogen-bond donors (Lipinski definition) is 1. The topological polar surface area (TPSA) is 28.7 Å². The van der Waals surface area contributed by atoms with Gasteiger partial charge in [-0.1, -0.05) is 18.5 Å². The Labute approximate surface area is 75.6 Å². The first-order chi connectivity index (χ1) is 5.83. The van der Waals surface area contributed by atoms with E-state index in [1.54, 1.807) is 6.20 Å². The lowest BCUT2D eigenvalue weighted by Crippen LogP contribution is -1.78. The fourth-order valence-corrected chi connectivity index (χ4v) is 1.63. The Balaban J connectivity index is 2.83. The molecule has 0 radical (unpaired) electrons. The van der Waals surface area contributed by atoms with Crippen molar-refractivity contribution in [2.45, 2.75) is 13.3 Å². The van der Waals surface area contributed by atoms with Gasteiger partial charge in [0.15, 0.2) is 0 Å². The number of aryl methyl sites for hydroxylation is 1. The SMILES string of the molecule is CCc1c[nH]c2nccc(Cl)c12. The van der Waals surface area contributed by atoms with Crippen molar-refractivity contribution in [3.05, 3.63) is 29.0 Å². The smallest absolute Gasteiger partial charge is 0.138 e. The summed E-state index contributed by atoms with van der Waals surface area (Å²) < 4.78 is 0. The van der Waals surface area contributed by atoms with Gasteiger partial charge in [0.25, 0.3) is 0 Å². The van der Waals surface area contributed by atoms with E-state index in [-0.39, 0.29) is 0 Å². The van der Waals surface area contributed by atoms with Crippen LogP contribution >= 0.6 is 11.6 Å². The summed E-state index contributed by atoms with van der Waals surface area (Å²) in [5.41, 5.74) is 2.10. The Kier molecular flexibility index (Phi) is 1.77. The van der Waals surface area contributed by atoms with Gasteiger partial charge in [0.2, 0.25) is 0 Å². The van der Waals surface area contributed by atoms with Crippen LogP contribution in [0.3, 0.4) is 0 Å². The maximum Gasteiger partial charge on any atom is 0.138 e. The third kappa shape index (κ3) is 0.994. The van der Waals surface area contributed by atoms with E-state index in [1.165, 1.54) is 5.56 Å². The summed E-state index contributed by atoms with van der Waals surface area (Å²) in [7, 11) is 0. The molecule has 12 heavy (non-hydrogen) atoms. The monoisotopic (exact) mass is 180 g/mol. The molecular weight excluding hydrogens is 172 g/mol. The van der Waals surface area contributed by atoms with Crippen LogP contribution in [0.2, 0.25) is 5.02 Å². The lowest BCUT2D eigenvalue weighted by atomic mass is 10.2. The minimum absolute atomic E-state index is 0.776. The zero-order chi connectivity index (χ0) is 8.55. The lowest BCUT2D eigenvalue weighted by molar-refractivity contribution is 1.15. The minimum Gasteiger partial charge on any atom is -0.346 e. The summed E-state index contributed by atoms with van der Waals surface area (Å²) >= 11 is 6.02. The molecular formula is C9H9ClN2. The molecule has 2 nitrogen and oxygen atoms in total. The van der Waals surface area contributed by atoms with Gasteiger partial charge < -0.3 is 4.98 Å². The Hall–Kier alpha value is -1.02. The Bertz CT molecular complexity index is 406. The van der Waals surface area contributed by atoms with Crippen LogP contribution in [0.15, 0.2) is 18.5 Å². The van der Waals surface area contributed by atoms with Gasteiger partial charge in [0.05, 0.1) is 5.02 Å². The van der Waals surface area contributed by atoms with Gasteiger partial charge >= 0.3 is 0 Å². The van der Waals surface area contributed by atoms with Crippen LogP contribution in [0.5, 0.6) is 0 Å². The number of hydrogen-bond acceptors (Lipinski definition) is 1. The Morgan fingerprint density at radius 2 is 2.42 bits per heavy atom. The molecule has 1 N–H and O–H groups in total. The predicted molar refractivity (Wildman–Crippen MR) is 50.5 cm³/mol. The number of aromatic nitrogens is 2. The van der Waals surface area contributed by atoms with Crippen molar-refractivity contribution in [1.29, 1.82) is 0 Å². The normalized spacial score (nSPS) is 10.8. The number of fused-ring (bicyclic) bond motifs is 1. The largest absolute Gasteiger partial charge is 0.346 e. The molecule has 0 aliphatic carbocycles. The van der Waals surface area contributed by atoms with Gasteiger partial charge in [-0.15, -0.1) is 0 Å². The first-order valence-electron chi connectivity index (χ1n) is 3.93. The molecule has 2 rings (SSSR count). The molecule has 2 aromatic heterocycles. The van der Waals surface area contributed by atoms with Crippen molar-refractivity contribution in [2.75, 3.05) is 0 Å². The summed E-state index contributed by atoms with van der Waals surface area (Å²) in [6, 6.07) is 1.82. The van der Waals surface area contributed by atoms with E-state index in [0.717, 1.165) is 22.5 Å². The van der Waals surface area contributed by atoms with Gasteiger partial charge in [0, 0.05) is 17.8 Å². The van der Waals surface area contributed by atoms with Gasteiger partial charge in [-0.2, -0.15) is 0 Å². The van der Waals surface area contributed by atoms with Crippen molar-refractivity contribution < 1.29 is 0 Å². The average molecular weight is 181 g/mol. The zero-order valence-electron chi connectivity index (χ0n) is 6.76. The number of H-pyrrole nitrogens is 1. The van der Waals surface area contributed by atoms with E-state index in [9.17, 15) is 0 Å². The standard InChI is InChI=1S/C9H9ClN2/c1-2-6-5-12-9-8(6)7(10)3-4-11-9/h3-5H,2H2,1H3,(H,11,12). The van der Waals surface area contributed by atoms with Gasteiger partial charge in [0.1, 0.15) is 5.65 Å². The molecule has 0 bridgehead atoms. The van der Waals surface area contributed by atoms with Crippen LogP contribution in [0.4, 0.5) is 0 Å². The third-order valence-electron chi connectivity index (χ3n) is 1.99. The second-order valence-corrected chi connectivity index (χ2v) is 3.09. The van der Waals surface area contributed by atoms with E-state index < -0.39 is 0 Å². The molecule has 2 heterocycles. The van der Waals surface area contributed by atoms with Crippen LogP contribution in [-0.2, 0) is 6.42 Å². The maximum atomic E-state index is 6.02. The number of halogens is 1. The number of aromatic amines is 1. The van der Waals surface area contributed by atoms with Crippen LogP contribution in [0, 0.1) is 0 Å². The van der Waals surface area contributed by atoms with Gasteiger partial charge in [-0.05, 0) is 18.1 Å². The molecule has 0 aliphatic heterocycles. The first-order valence-corrected chi connectivity index (χ1v) is 4.31. The summed E-state index contributed by atoms with van der Waals surface area (Å²) in [6.07, 6.45) is 4.65. The molecule has 0 saturated carbocycles. The molecule has 0 unspecified atom stereocenters. The highest BCUT2D eigenvalue weighted by Gasteiger charge is 2.05. The van der Waals surface area contributed by atoms with Crippen molar-refractivity contribution in [3.8, 4) is 0 Å². The molecule has 0 atom stereocenters. The van der Waals surface area contributed by atoms with Crippen LogP contribution in [0.1, 0.15) is 12.5 Å². The van der Waals surface area contributed by atoms with Crippen molar-refractivity contribution >= 4 is 22.6 Å². The zero-order valence-corrected chi connectivity index (χ0v) is 7.52.